The fraction of sp³-hybridized carbons (Fsp3) is 0.128. The maximum absolute atomic E-state index is 15.4. The number of benzene rings is 5. The van der Waals surface area contributed by atoms with Gasteiger partial charge in [0.15, 0.2) is 69.8 Å². The van der Waals surface area contributed by atoms with Gasteiger partial charge in [-0.1, -0.05) is 30.3 Å². The van der Waals surface area contributed by atoms with Gasteiger partial charge in [-0.15, -0.1) is 21.9 Å². The van der Waals surface area contributed by atoms with Gasteiger partial charge >= 0.3 is 0 Å². The van der Waals surface area contributed by atoms with Crippen LogP contribution in [0.25, 0.3) is 5.57 Å². The summed E-state index contributed by atoms with van der Waals surface area (Å²) < 4.78 is 294. The van der Waals surface area contributed by atoms with Crippen molar-refractivity contribution in [1.29, 1.82) is 10.5 Å². The number of nitrogens with zero attached hydrogens (tertiary/aromatic N) is 2. The second-order valence-corrected chi connectivity index (χ2v) is 15.2. The van der Waals surface area contributed by atoms with Crippen molar-refractivity contribution in [3.05, 3.63) is 158 Å². The highest BCUT2D eigenvalue weighted by Crippen LogP contribution is 2.31. The molecule has 0 heterocycles. The van der Waals surface area contributed by atoms with Crippen LogP contribution in [0.2, 0.25) is 0 Å². The van der Waals surface area contributed by atoms with E-state index in [9.17, 15) is 52.7 Å². The Bertz CT molecular complexity index is 2410. The quantitative estimate of drug-likeness (QED) is 0.0376. The molecule has 0 fully saturated rings. The summed E-state index contributed by atoms with van der Waals surface area (Å²) in [5, 5.41) is 36.4. The molecule has 0 radical (unpaired) electrons. The van der Waals surface area contributed by atoms with E-state index in [1.807, 2.05) is 42.5 Å². The molecule has 5 aromatic carbocycles. The Morgan fingerprint density at radius 1 is 0.400 bits per heavy atom. The van der Waals surface area contributed by atoms with E-state index in [1.165, 1.54) is 0 Å². The number of hydrogen-bond donors (Lipinski definition) is 2. The fourth-order valence-corrected chi connectivity index (χ4v) is 8.41. The first-order chi connectivity index (χ1) is 30.5. The van der Waals surface area contributed by atoms with Crippen molar-refractivity contribution in [3.63, 3.8) is 0 Å². The van der Waals surface area contributed by atoms with E-state index in [0.717, 1.165) is 5.56 Å². The monoisotopic (exact) mass is 968 g/mol. The standard InChI is InChI=1S/C24BF20.C15H17N2O2S/c26-5-1(6(27)14(35)21(42)13(5)34)25(2-7(28)15(36)22(43)16(37)8(2)29,3-9(30)17(38)23(44)18(39)10(3)31)4-11(32)19(40)24(45)20(41)12(4)33;16-10-14(11-17)15(13-4-2-1-3-5-13)12-20(8-6-18)9-7-19/h;1-5,18-19H,6-9,12H2/q-1;+1. The van der Waals surface area contributed by atoms with Crippen molar-refractivity contribution in [3.8, 4) is 12.1 Å². The lowest BCUT2D eigenvalue weighted by Crippen LogP contribution is -2.81. The van der Waals surface area contributed by atoms with Gasteiger partial charge in [-0.2, -0.15) is 10.5 Å². The summed E-state index contributed by atoms with van der Waals surface area (Å²) in [4.78, 5) is 0. The molecular formula is C39H17BF20N2O2S. The minimum atomic E-state index is -7.22. The molecule has 0 aromatic heterocycles. The minimum Gasteiger partial charge on any atom is -0.391 e. The Kier molecular flexibility index (Phi) is 16.0. The first-order valence-corrected chi connectivity index (χ1v) is 18.9. The van der Waals surface area contributed by atoms with Gasteiger partial charge in [-0.3, -0.25) is 0 Å². The van der Waals surface area contributed by atoms with Crippen LogP contribution in [0.1, 0.15) is 5.56 Å². The van der Waals surface area contributed by atoms with Crippen molar-refractivity contribution in [2.45, 2.75) is 0 Å². The molecule has 0 atom stereocenters. The molecule has 0 aliphatic rings. The molecule has 0 saturated heterocycles. The molecular weight excluding hydrogens is 951 g/mol. The number of aliphatic hydroxyl groups is 2. The summed E-state index contributed by atoms with van der Waals surface area (Å²) in [6.07, 6.45) is -7.22. The summed E-state index contributed by atoms with van der Waals surface area (Å²) in [6, 6.07) is 13.2. The molecule has 26 heteroatoms. The van der Waals surface area contributed by atoms with Crippen molar-refractivity contribution < 1.29 is 98.0 Å². The first kappa shape index (κ1) is 51.4. The lowest BCUT2D eigenvalue weighted by Gasteiger charge is -2.44. The third-order valence-corrected chi connectivity index (χ3v) is 11.7. The highest BCUT2D eigenvalue weighted by atomic mass is 32.2. The normalized spacial score (nSPS) is 11.3. The predicted octanol–water partition coefficient (Wildman–Crippen LogP) is 6.94. The van der Waals surface area contributed by atoms with Crippen molar-refractivity contribution >= 4 is 44.5 Å². The molecule has 0 aliphatic carbocycles. The van der Waals surface area contributed by atoms with Gasteiger partial charge in [-0.25, -0.2) is 87.8 Å². The summed E-state index contributed by atoms with van der Waals surface area (Å²) in [6.45, 7) is 0.0826. The fourth-order valence-electron chi connectivity index (χ4n) is 6.68. The van der Waals surface area contributed by atoms with E-state index in [2.05, 4.69) is 0 Å². The van der Waals surface area contributed by atoms with Gasteiger partial charge in [0.25, 0.3) is 0 Å². The van der Waals surface area contributed by atoms with Crippen LogP contribution < -0.4 is 21.9 Å². The van der Waals surface area contributed by atoms with E-state index in [4.69, 9.17) is 20.7 Å². The van der Waals surface area contributed by atoms with Crippen LogP contribution in [0.15, 0.2) is 35.9 Å². The van der Waals surface area contributed by atoms with E-state index in [1.54, 1.807) is 0 Å². The summed E-state index contributed by atoms with van der Waals surface area (Å²) >= 11 is 0. The molecule has 0 spiro atoms. The molecule has 0 saturated carbocycles. The molecule has 5 aromatic rings. The maximum Gasteiger partial charge on any atom is 0.200 e. The summed E-state index contributed by atoms with van der Waals surface area (Å²) in [5.74, 6) is -69.7. The first-order valence-electron chi connectivity index (χ1n) is 17.1. The summed E-state index contributed by atoms with van der Waals surface area (Å²) in [5.41, 5.74) is -12.7. The van der Waals surface area contributed by atoms with Gasteiger partial charge in [0.1, 0.15) is 87.7 Å². The van der Waals surface area contributed by atoms with Crippen molar-refractivity contribution in [2.24, 2.45) is 0 Å². The van der Waals surface area contributed by atoms with Crippen molar-refractivity contribution in [1.82, 2.24) is 0 Å². The smallest absolute Gasteiger partial charge is 0.200 e. The average Bonchev–Trinajstić information content (AvgIpc) is 3.29. The Hall–Kier alpha value is -6.25. The molecule has 0 unspecified atom stereocenters. The maximum atomic E-state index is 15.4. The molecule has 2 N–H and O–H groups in total. The van der Waals surface area contributed by atoms with Gasteiger partial charge in [0.05, 0.1) is 13.2 Å². The highest BCUT2D eigenvalue weighted by Gasteiger charge is 2.52. The van der Waals surface area contributed by atoms with E-state index in [-0.39, 0.29) is 29.7 Å². The van der Waals surface area contributed by atoms with E-state index in [0.29, 0.717) is 22.8 Å². The Labute approximate surface area is 353 Å². The molecule has 0 aliphatic heterocycles. The topological polar surface area (TPSA) is 88.0 Å². The lowest BCUT2D eigenvalue weighted by molar-refractivity contribution is 0.317. The summed E-state index contributed by atoms with van der Waals surface area (Å²) in [7, 11) is -0.239. The van der Waals surface area contributed by atoms with Gasteiger partial charge in [0.2, 0.25) is 0 Å². The van der Waals surface area contributed by atoms with Crippen molar-refractivity contribution in [2.75, 3.05) is 30.5 Å². The average molecular weight is 968 g/mol. The zero-order valence-electron chi connectivity index (χ0n) is 31.3. The molecule has 5 rings (SSSR count). The minimum absolute atomic E-state index is 0.0413. The largest absolute Gasteiger partial charge is 0.391 e. The molecule has 0 amide bonds. The van der Waals surface area contributed by atoms with Crippen LogP contribution >= 0.6 is 0 Å². The SMILES string of the molecule is Fc1c(F)c(F)c([B-](c2c(F)c(F)c(F)c(F)c2F)(c2c(F)c(F)c(F)c(F)c2F)c2c(F)c(F)c(F)c(F)c2F)c(F)c1F.N#CC(C#N)=C(C[S+](CCO)CCO)c1ccccc1. The van der Waals surface area contributed by atoms with Crippen LogP contribution in [0.5, 0.6) is 0 Å². The predicted molar refractivity (Wildman–Crippen MR) is 190 cm³/mol. The Morgan fingerprint density at radius 3 is 0.846 bits per heavy atom. The number of allylic oxidation sites excluding steroid dienone is 1. The lowest BCUT2D eigenvalue weighted by atomic mass is 9.12. The zero-order valence-corrected chi connectivity index (χ0v) is 32.1. The number of nitriles is 2. The highest BCUT2D eigenvalue weighted by molar-refractivity contribution is 7.97. The van der Waals surface area contributed by atoms with Gasteiger partial charge < -0.3 is 10.2 Å². The van der Waals surface area contributed by atoms with Crippen LogP contribution in [0, 0.1) is 139 Å². The van der Waals surface area contributed by atoms with Crippen LogP contribution in [0.3, 0.4) is 0 Å². The third-order valence-electron chi connectivity index (χ3n) is 9.46. The van der Waals surface area contributed by atoms with Gasteiger partial charge in [0, 0.05) is 5.57 Å². The molecule has 65 heavy (non-hydrogen) atoms. The Morgan fingerprint density at radius 2 is 0.631 bits per heavy atom. The van der Waals surface area contributed by atoms with E-state index < -0.39 is 144 Å². The number of hydrogen-bond acceptors (Lipinski definition) is 4. The molecule has 0 bridgehead atoms. The number of halogens is 20. The van der Waals surface area contributed by atoms with Crippen LogP contribution in [0.4, 0.5) is 87.8 Å². The van der Waals surface area contributed by atoms with Gasteiger partial charge in [-0.05, 0) is 16.5 Å². The zero-order chi connectivity index (χ0) is 49.2. The number of rotatable bonds is 11. The van der Waals surface area contributed by atoms with E-state index >= 15 is 35.1 Å². The molecule has 344 valence electrons. The Balaban J connectivity index is 0.000000387. The third kappa shape index (κ3) is 8.69. The van der Waals surface area contributed by atoms with Crippen LogP contribution in [-0.4, -0.2) is 46.8 Å². The molecule has 4 nitrogen and oxygen atoms in total. The van der Waals surface area contributed by atoms with Crippen LogP contribution in [-0.2, 0) is 10.9 Å². The number of aliphatic hydroxyl groups excluding tert-OH is 2. The second-order valence-electron chi connectivity index (χ2n) is 12.9. The second kappa shape index (κ2) is 20.3.